The molecule has 0 saturated heterocycles. The molecule has 0 atom stereocenters. The SMILES string of the molecule is N#Cc1cc(Br)ccc1-n1nnc2ccccc21. The summed E-state index contributed by atoms with van der Waals surface area (Å²) in [6.07, 6.45) is 0. The van der Waals surface area contributed by atoms with Crippen LogP contribution < -0.4 is 0 Å². The highest BCUT2D eigenvalue weighted by Gasteiger charge is 2.10. The van der Waals surface area contributed by atoms with E-state index in [1.165, 1.54) is 0 Å². The zero-order chi connectivity index (χ0) is 12.5. The van der Waals surface area contributed by atoms with Crippen molar-refractivity contribution in [2.24, 2.45) is 0 Å². The fourth-order valence-corrected chi connectivity index (χ4v) is 2.19. The Hall–Kier alpha value is -2.19. The van der Waals surface area contributed by atoms with Gasteiger partial charge in [0.1, 0.15) is 11.6 Å². The van der Waals surface area contributed by atoms with Gasteiger partial charge in [-0.1, -0.05) is 33.3 Å². The molecule has 5 heteroatoms. The van der Waals surface area contributed by atoms with Gasteiger partial charge in [0.15, 0.2) is 0 Å². The lowest BCUT2D eigenvalue weighted by Gasteiger charge is -2.04. The second-order valence-corrected chi connectivity index (χ2v) is 4.68. The van der Waals surface area contributed by atoms with E-state index in [9.17, 15) is 5.26 Å². The number of para-hydroxylation sites is 1. The molecule has 0 N–H and O–H groups in total. The summed E-state index contributed by atoms with van der Waals surface area (Å²) >= 11 is 3.35. The number of hydrogen-bond donors (Lipinski definition) is 0. The van der Waals surface area contributed by atoms with Crippen LogP contribution in [0.3, 0.4) is 0 Å². The Morgan fingerprint density at radius 3 is 2.83 bits per heavy atom. The van der Waals surface area contributed by atoms with Gasteiger partial charge in [0.05, 0.1) is 16.8 Å². The normalized spacial score (nSPS) is 10.4. The van der Waals surface area contributed by atoms with Crippen LogP contribution in [0, 0.1) is 11.3 Å². The Morgan fingerprint density at radius 2 is 2.00 bits per heavy atom. The van der Waals surface area contributed by atoms with E-state index < -0.39 is 0 Å². The Bertz CT molecular complexity index is 770. The number of aromatic nitrogens is 3. The van der Waals surface area contributed by atoms with Crippen molar-refractivity contribution in [3.63, 3.8) is 0 Å². The zero-order valence-electron chi connectivity index (χ0n) is 9.21. The van der Waals surface area contributed by atoms with Crippen LogP contribution in [-0.2, 0) is 0 Å². The molecule has 18 heavy (non-hydrogen) atoms. The molecule has 0 unspecified atom stereocenters. The van der Waals surface area contributed by atoms with Crippen LogP contribution in [0.15, 0.2) is 46.9 Å². The lowest BCUT2D eigenvalue weighted by atomic mass is 10.2. The largest absolute Gasteiger partial charge is 0.211 e. The molecule has 86 valence electrons. The van der Waals surface area contributed by atoms with E-state index in [2.05, 4.69) is 32.3 Å². The number of nitrogens with zero attached hydrogens (tertiary/aromatic N) is 4. The molecular formula is C13H7BrN4. The molecule has 0 aliphatic heterocycles. The van der Waals surface area contributed by atoms with Crippen LogP contribution in [0.1, 0.15) is 5.56 Å². The van der Waals surface area contributed by atoms with Crippen LogP contribution in [0.25, 0.3) is 16.7 Å². The molecular weight excluding hydrogens is 292 g/mol. The quantitative estimate of drug-likeness (QED) is 0.694. The Kier molecular flexibility index (Phi) is 2.58. The molecule has 0 amide bonds. The first-order chi connectivity index (χ1) is 8.79. The minimum absolute atomic E-state index is 0.556. The van der Waals surface area contributed by atoms with E-state index in [0.29, 0.717) is 5.56 Å². The molecule has 0 bridgehead atoms. The standard InChI is InChI=1S/C13H7BrN4/c14-10-5-6-12(9(7-10)8-15)18-13-4-2-1-3-11(13)16-17-18/h1-7H. The Labute approximate surface area is 112 Å². The molecule has 0 aliphatic carbocycles. The van der Waals surface area contributed by atoms with Gasteiger partial charge >= 0.3 is 0 Å². The average molecular weight is 299 g/mol. The molecule has 0 saturated carbocycles. The molecule has 3 aromatic rings. The van der Waals surface area contributed by atoms with E-state index in [1.807, 2.05) is 36.4 Å². The topological polar surface area (TPSA) is 54.5 Å². The van der Waals surface area contributed by atoms with Crippen molar-refractivity contribution >= 4 is 27.0 Å². The molecule has 4 nitrogen and oxygen atoms in total. The molecule has 0 fully saturated rings. The molecule has 2 aromatic carbocycles. The van der Waals surface area contributed by atoms with Crippen molar-refractivity contribution in [2.75, 3.05) is 0 Å². The number of hydrogen-bond acceptors (Lipinski definition) is 3. The second-order valence-electron chi connectivity index (χ2n) is 3.76. The number of rotatable bonds is 1. The van der Waals surface area contributed by atoms with Crippen LogP contribution in [-0.4, -0.2) is 15.0 Å². The number of halogens is 1. The van der Waals surface area contributed by atoms with Gasteiger partial charge < -0.3 is 0 Å². The molecule has 1 aromatic heterocycles. The maximum atomic E-state index is 9.18. The zero-order valence-corrected chi connectivity index (χ0v) is 10.8. The number of nitriles is 1. The summed E-state index contributed by atoms with van der Waals surface area (Å²) in [4.78, 5) is 0. The first kappa shape index (κ1) is 10.9. The molecule has 0 radical (unpaired) electrons. The monoisotopic (exact) mass is 298 g/mol. The second kappa shape index (κ2) is 4.24. The Balaban J connectivity index is 2.30. The van der Waals surface area contributed by atoms with Gasteiger partial charge in [-0.3, -0.25) is 0 Å². The highest BCUT2D eigenvalue weighted by Crippen LogP contribution is 2.22. The van der Waals surface area contributed by atoms with E-state index in [-0.39, 0.29) is 0 Å². The maximum absolute atomic E-state index is 9.18. The van der Waals surface area contributed by atoms with Crippen molar-refractivity contribution in [3.05, 3.63) is 52.5 Å². The van der Waals surface area contributed by atoms with E-state index in [1.54, 1.807) is 10.7 Å². The van der Waals surface area contributed by atoms with Gasteiger partial charge in [-0.05, 0) is 30.3 Å². The minimum atomic E-state index is 0.556. The lowest BCUT2D eigenvalue weighted by Crippen LogP contribution is -1.99. The third-order valence-corrected chi connectivity index (χ3v) is 3.15. The van der Waals surface area contributed by atoms with Gasteiger partial charge in [0, 0.05) is 4.47 Å². The van der Waals surface area contributed by atoms with Gasteiger partial charge in [-0.15, -0.1) is 5.10 Å². The van der Waals surface area contributed by atoms with Crippen molar-refractivity contribution in [3.8, 4) is 11.8 Å². The lowest BCUT2D eigenvalue weighted by molar-refractivity contribution is 0.822. The van der Waals surface area contributed by atoms with Crippen molar-refractivity contribution in [1.82, 2.24) is 15.0 Å². The first-order valence-corrected chi connectivity index (χ1v) is 6.09. The molecule has 1 heterocycles. The summed E-state index contributed by atoms with van der Waals surface area (Å²) in [5, 5.41) is 17.4. The molecule has 0 spiro atoms. The molecule has 3 rings (SSSR count). The van der Waals surface area contributed by atoms with Crippen LogP contribution in [0.5, 0.6) is 0 Å². The minimum Gasteiger partial charge on any atom is -0.211 e. The van der Waals surface area contributed by atoms with Gasteiger partial charge in [0.25, 0.3) is 0 Å². The Morgan fingerprint density at radius 1 is 1.17 bits per heavy atom. The van der Waals surface area contributed by atoms with Gasteiger partial charge in [-0.25, -0.2) is 4.68 Å². The number of fused-ring (bicyclic) bond motifs is 1. The smallest absolute Gasteiger partial charge is 0.113 e. The van der Waals surface area contributed by atoms with Crippen molar-refractivity contribution in [1.29, 1.82) is 5.26 Å². The average Bonchev–Trinajstić information content (AvgIpc) is 2.82. The fourth-order valence-electron chi connectivity index (χ4n) is 1.83. The maximum Gasteiger partial charge on any atom is 0.113 e. The van der Waals surface area contributed by atoms with E-state index in [0.717, 1.165) is 21.2 Å². The first-order valence-electron chi connectivity index (χ1n) is 5.30. The highest BCUT2D eigenvalue weighted by atomic mass is 79.9. The third kappa shape index (κ3) is 1.67. The highest BCUT2D eigenvalue weighted by molar-refractivity contribution is 9.10. The third-order valence-electron chi connectivity index (χ3n) is 2.66. The van der Waals surface area contributed by atoms with Gasteiger partial charge in [0.2, 0.25) is 0 Å². The van der Waals surface area contributed by atoms with Crippen LogP contribution in [0.4, 0.5) is 0 Å². The fraction of sp³-hybridized carbons (Fsp3) is 0. The van der Waals surface area contributed by atoms with Gasteiger partial charge in [-0.2, -0.15) is 5.26 Å². The van der Waals surface area contributed by atoms with E-state index >= 15 is 0 Å². The predicted molar refractivity (Wildman–Crippen MR) is 71.3 cm³/mol. The predicted octanol–water partition coefficient (Wildman–Crippen LogP) is 3.05. The molecule has 0 aliphatic rings. The number of benzene rings is 2. The summed E-state index contributed by atoms with van der Waals surface area (Å²) in [7, 11) is 0. The summed E-state index contributed by atoms with van der Waals surface area (Å²) in [5.74, 6) is 0. The summed E-state index contributed by atoms with van der Waals surface area (Å²) in [5.41, 5.74) is 2.98. The van der Waals surface area contributed by atoms with Crippen molar-refractivity contribution < 1.29 is 0 Å². The summed E-state index contributed by atoms with van der Waals surface area (Å²) in [6.45, 7) is 0. The van der Waals surface area contributed by atoms with Crippen molar-refractivity contribution in [2.45, 2.75) is 0 Å². The van der Waals surface area contributed by atoms with E-state index in [4.69, 9.17) is 0 Å². The van der Waals surface area contributed by atoms with Crippen LogP contribution in [0.2, 0.25) is 0 Å². The summed E-state index contributed by atoms with van der Waals surface area (Å²) in [6, 6.07) is 15.3. The summed E-state index contributed by atoms with van der Waals surface area (Å²) < 4.78 is 2.55. The van der Waals surface area contributed by atoms with Crippen LogP contribution >= 0.6 is 15.9 Å².